The minimum absolute atomic E-state index is 0.116. The lowest BCUT2D eigenvalue weighted by Crippen LogP contribution is -2.45. The van der Waals surface area contributed by atoms with Gasteiger partial charge >= 0.3 is 11.7 Å². The molecule has 0 bridgehead atoms. The first-order valence-electron chi connectivity index (χ1n) is 7.30. The third-order valence-electron chi connectivity index (χ3n) is 3.59. The number of amides is 3. The molecule has 0 aromatic carbocycles. The SMILES string of the molecule is O=C(Cn1nnn(-c2cccs2)c1=O)NC(=O)NC1CCCC1. The van der Waals surface area contributed by atoms with Gasteiger partial charge in [0.1, 0.15) is 11.5 Å². The Morgan fingerprint density at radius 2 is 2.09 bits per heavy atom. The zero-order chi connectivity index (χ0) is 16.2. The van der Waals surface area contributed by atoms with E-state index in [1.54, 1.807) is 17.5 Å². The second-order valence-electron chi connectivity index (χ2n) is 5.29. The number of thiophene rings is 1. The Labute approximate surface area is 135 Å². The predicted octanol–water partition coefficient (Wildman–Crippen LogP) is 0.259. The molecule has 2 aromatic rings. The molecule has 0 unspecified atom stereocenters. The van der Waals surface area contributed by atoms with Crippen LogP contribution in [0.3, 0.4) is 0 Å². The molecule has 2 N–H and O–H groups in total. The number of hydrogen-bond acceptors (Lipinski definition) is 6. The molecule has 1 aliphatic rings. The number of imide groups is 1. The molecule has 0 aliphatic heterocycles. The molecule has 10 heteroatoms. The zero-order valence-corrected chi connectivity index (χ0v) is 13.1. The Morgan fingerprint density at radius 3 is 2.78 bits per heavy atom. The number of hydrogen-bond donors (Lipinski definition) is 2. The molecular formula is C13H16N6O3S. The molecule has 3 rings (SSSR count). The summed E-state index contributed by atoms with van der Waals surface area (Å²) in [5.41, 5.74) is -0.529. The zero-order valence-electron chi connectivity index (χ0n) is 12.3. The molecule has 3 amide bonds. The number of carbonyl (C=O) groups excluding carboxylic acids is 2. The van der Waals surface area contributed by atoms with Crippen molar-refractivity contribution in [1.82, 2.24) is 30.4 Å². The highest BCUT2D eigenvalue weighted by atomic mass is 32.1. The second-order valence-corrected chi connectivity index (χ2v) is 6.21. The van der Waals surface area contributed by atoms with Crippen LogP contribution in [0.2, 0.25) is 0 Å². The van der Waals surface area contributed by atoms with Crippen LogP contribution < -0.4 is 16.3 Å². The lowest BCUT2D eigenvalue weighted by molar-refractivity contribution is -0.120. The Morgan fingerprint density at radius 1 is 1.30 bits per heavy atom. The maximum Gasteiger partial charge on any atom is 0.369 e. The van der Waals surface area contributed by atoms with Gasteiger partial charge in [-0.05, 0) is 40.8 Å². The summed E-state index contributed by atoms with van der Waals surface area (Å²) in [6, 6.07) is 3.08. The molecule has 23 heavy (non-hydrogen) atoms. The van der Waals surface area contributed by atoms with E-state index in [9.17, 15) is 14.4 Å². The molecule has 0 radical (unpaired) electrons. The van der Waals surface area contributed by atoms with Crippen molar-refractivity contribution in [3.8, 4) is 5.00 Å². The van der Waals surface area contributed by atoms with Gasteiger partial charge in [0.25, 0.3) is 0 Å². The number of rotatable bonds is 4. The summed E-state index contributed by atoms with van der Waals surface area (Å²) in [4.78, 5) is 35.6. The number of urea groups is 1. The number of tetrazole rings is 1. The van der Waals surface area contributed by atoms with Gasteiger partial charge in [-0.25, -0.2) is 9.59 Å². The fraction of sp³-hybridized carbons (Fsp3) is 0.462. The third-order valence-corrected chi connectivity index (χ3v) is 4.43. The van der Waals surface area contributed by atoms with Crippen molar-refractivity contribution < 1.29 is 9.59 Å². The lowest BCUT2D eigenvalue weighted by atomic mass is 10.2. The first kappa shape index (κ1) is 15.4. The molecular weight excluding hydrogens is 320 g/mol. The summed E-state index contributed by atoms with van der Waals surface area (Å²) in [6.45, 7) is -0.359. The summed E-state index contributed by atoms with van der Waals surface area (Å²) >= 11 is 1.33. The Balaban J connectivity index is 1.58. The maximum atomic E-state index is 12.1. The Kier molecular flexibility index (Phi) is 4.51. The van der Waals surface area contributed by atoms with Gasteiger partial charge in [0.15, 0.2) is 0 Å². The van der Waals surface area contributed by atoms with Crippen LogP contribution in [0.5, 0.6) is 0 Å². The fourth-order valence-corrected chi connectivity index (χ4v) is 3.16. The van der Waals surface area contributed by atoms with Gasteiger partial charge in [-0.3, -0.25) is 10.1 Å². The lowest BCUT2D eigenvalue weighted by Gasteiger charge is -2.11. The molecule has 1 saturated carbocycles. The van der Waals surface area contributed by atoms with Crippen LogP contribution in [0, 0.1) is 0 Å². The largest absolute Gasteiger partial charge is 0.369 e. The van der Waals surface area contributed by atoms with Crippen LogP contribution in [0.1, 0.15) is 25.7 Å². The van der Waals surface area contributed by atoms with Crippen molar-refractivity contribution in [2.75, 3.05) is 0 Å². The Hall–Kier alpha value is -2.49. The van der Waals surface area contributed by atoms with Crippen LogP contribution in [-0.4, -0.2) is 37.8 Å². The van der Waals surface area contributed by atoms with E-state index in [2.05, 4.69) is 21.1 Å². The van der Waals surface area contributed by atoms with Gasteiger partial charge in [-0.2, -0.15) is 9.36 Å². The molecule has 0 spiro atoms. The minimum Gasteiger partial charge on any atom is -0.335 e. The normalized spacial score (nSPS) is 14.8. The molecule has 0 saturated heterocycles. The first-order chi connectivity index (χ1) is 11.1. The molecule has 2 aromatic heterocycles. The highest BCUT2D eigenvalue weighted by Crippen LogP contribution is 2.17. The molecule has 0 atom stereocenters. The van der Waals surface area contributed by atoms with Crippen LogP contribution in [0.4, 0.5) is 4.79 Å². The monoisotopic (exact) mass is 336 g/mol. The summed E-state index contributed by atoms with van der Waals surface area (Å²) in [6.07, 6.45) is 4.02. The third kappa shape index (κ3) is 3.65. The van der Waals surface area contributed by atoms with Crippen LogP contribution in [0.15, 0.2) is 22.3 Å². The van der Waals surface area contributed by atoms with Crippen molar-refractivity contribution >= 4 is 23.3 Å². The van der Waals surface area contributed by atoms with Gasteiger partial charge < -0.3 is 5.32 Å². The second kappa shape index (κ2) is 6.73. The van der Waals surface area contributed by atoms with Gasteiger partial charge in [0.05, 0.1) is 0 Å². The van der Waals surface area contributed by atoms with Crippen molar-refractivity contribution in [2.45, 2.75) is 38.3 Å². The van der Waals surface area contributed by atoms with Crippen LogP contribution in [0.25, 0.3) is 5.00 Å². The van der Waals surface area contributed by atoms with E-state index in [0.29, 0.717) is 5.00 Å². The van der Waals surface area contributed by atoms with E-state index in [1.165, 1.54) is 11.3 Å². The molecule has 1 fully saturated rings. The number of nitrogens with zero attached hydrogens (tertiary/aromatic N) is 4. The van der Waals surface area contributed by atoms with Crippen molar-refractivity contribution in [3.63, 3.8) is 0 Å². The highest BCUT2D eigenvalue weighted by molar-refractivity contribution is 7.12. The average Bonchev–Trinajstić information content (AvgIpc) is 3.22. The number of aromatic nitrogens is 4. The fourth-order valence-electron chi connectivity index (χ4n) is 2.50. The summed E-state index contributed by atoms with van der Waals surface area (Å²) in [5, 5.41) is 14.7. The van der Waals surface area contributed by atoms with Crippen LogP contribution >= 0.6 is 11.3 Å². The topological polar surface area (TPSA) is 111 Å². The van der Waals surface area contributed by atoms with Gasteiger partial charge in [0.2, 0.25) is 5.91 Å². The smallest absolute Gasteiger partial charge is 0.335 e. The summed E-state index contributed by atoms with van der Waals surface area (Å²) in [7, 11) is 0. The molecule has 122 valence electrons. The van der Waals surface area contributed by atoms with E-state index >= 15 is 0 Å². The molecule has 2 heterocycles. The van der Waals surface area contributed by atoms with Crippen molar-refractivity contribution in [1.29, 1.82) is 0 Å². The van der Waals surface area contributed by atoms with E-state index in [0.717, 1.165) is 35.0 Å². The number of nitrogens with one attached hydrogen (secondary N) is 2. The van der Waals surface area contributed by atoms with E-state index in [1.807, 2.05) is 0 Å². The van der Waals surface area contributed by atoms with E-state index < -0.39 is 17.6 Å². The highest BCUT2D eigenvalue weighted by Gasteiger charge is 2.19. The minimum atomic E-state index is -0.610. The standard InChI is InChI=1S/C13H16N6O3S/c20-10(15-12(21)14-9-4-1-2-5-9)8-18-13(22)19(17-16-18)11-6-3-7-23-11/h3,6-7,9H,1-2,4-5,8H2,(H2,14,15,20,21). The van der Waals surface area contributed by atoms with Gasteiger partial charge in [-0.1, -0.05) is 12.8 Å². The van der Waals surface area contributed by atoms with Gasteiger partial charge in [0, 0.05) is 6.04 Å². The maximum absolute atomic E-state index is 12.1. The van der Waals surface area contributed by atoms with E-state index in [-0.39, 0.29) is 12.6 Å². The summed E-state index contributed by atoms with van der Waals surface area (Å²) < 4.78 is 2.02. The average molecular weight is 336 g/mol. The molecule has 9 nitrogen and oxygen atoms in total. The Bertz CT molecular complexity index is 744. The molecule has 1 aliphatic carbocycles. The number of carbonyl (C=O) groups is 2. The van der Waals surface area contributed by atoms with Gasteiger partial charge in [-0.15, -0.1) is 11.3 Å². The van der Waals surface area contributed by atoms with Crippen molar-refractivity contribution in [2.24, 2.45) is 0 Å². The van der Waals surface area contributed by atoms with E-state index in [4.69, 9.17) is 0 Å². The first-order valence-corrected chi connectivity index (χ1v) is 8.18. The van der Waals surface area contributed by atoms with Crippen LogP contribution in [-0.2, 0) is 11.3 Å². The predicted molar refractivity (Wildman–Crippen MR) is 82.4 cm³/mol. The quantitative estimate of drug-likeness (QED) is 0.832. The summed E-state index contributed by atoms with van der Waals surface area (Å²) in [5.74, 6) is -0.610. The van der Waals surface area contributed by atoms with Crippen molar-refractivity contribution in [3.05, 3.63) is 28.0 Å².